The number of aliphatic imine (C=N–C) groups is 1. The zero-order valence-corrected chi connectivity index (χ0v) is 21.6. The van der Waals surface area contributed by atoms with Gasteiger partial charge < -0.3 is 43.4 Å². The van der Waals surface area contributed by atoms with E-state index < -0.39 is 60.2 Å². The fourth-order valence-corrected chi connectivity index (χ4v) is 3.43. The van der Waals surface area contributed by atoms with Gasteiger partial charge in [-0.3, -0.25) is 24.2 Å². The first-order valence-electron chi connectivity index (χ1n) is 11.8. The molecule has 0 aliphatic rings. The number of nitrogens with one attached hydrogen (secondary N) is 3. The molecule has 4 unspecified atom stereocenters. The Morgan fingerprint density at radius 2 is 1.45 bits per heavy atom. The molecule has 0 aliphatic heterocycles. The van der Waals surface area contributed by atoms with Gasteiger partial charge in [0.15, 0.2) is 5.96 Å². The lowest BCUT2D eigenvalue weighted by Gasteiger charge is -2.25. The van der Waals surface area contributed by atoms with Gasteiger partial charge in [-0.1, -0.05) is 30.3 Å². The predicted molar refractivity (Wildman–Crippen MR) is 142 cm³/mol. The lowest BCUT2D eigenvalue weighted by atomic mass is 10.0. The van der Waals surface area contributed by atoms with Gasteiger partial charge in [0.05, 0.1) is 6.04 Å². The SMILES string of the molecule is NC(N)=NCCCC(NC(=O)C(N)CS)C(=O)NC(Cc1ccccc1)C(=O)NC(CCC(=O)O)C(=O)O. The Bertz CT molecular complexity index is 990. The largest absolute Gasteiger partial charge is 0.481 e. The number of hydrogen-bond acceptors (Lipinski definition) is 8. The van der Waals surface area contributed by atoms with Gasteiger partial charge in [-0.15, -0.1) is 0 Å². The molecule has 0 spiro atoms. The fourth-order valence-electron chi connectivity index (χ4n) is 3.26. The summed E-state index contributed by atoms with van der Waals surface area (Å²) in [6, 6.07) is 3.81. The maximum absolute atomic E-state index is 13.2. The molecule has 1 aromatic rings. The maximum atomic E-state index is 13.2. The highest BCUT2D eigenvalue weighted by Gasteiger charge is 2.30. The van der Waals surface area contributed by atoms with Gasteiger partial charge in [-0.2, -0.15) is 12.6 Å². The van der Waals surface area contributed by atoms with Crippen molar-refractivity contribution in [1.29, 1.82) is 0 Å². The molecule has 38 heavy (non-hydrogen) atoms. The number of thiol groups is 1. The van der Waals surface area contributed by atoms with Crippen LogP contribution in [0.1, 0.15) is 31.2 Å². The molecule has 4 atom stereocenters. The summed E-state index contributed by atoms with van der Waals surface area (Å²) in [6.45, 7) is 0.179. The van der Waals surface area contributed by atoms with Gasteiger partial charge in [0.1, 0.15) is 18.1 Å². The molecule has 0 bridgehead atoms. The number of guanidine groups is 1. The summed E-state index contributed by atoms with van der Waals surface area (Å²) in [4.78, 5) is 64.9. The second-order valence-electron chi connectivity index (χ2n) is 8.38. The van der Waals surface area contributed by atoms with Gasteiger partial charge in [-0.25, -0.2) is 4.79 Å². The molecule has 0 saturated heterocycles. The second kappa shape index (κ2) is 16.8. The Labute approximate surface area is 225 Å². The molecule has 210 valence electrons. The van der Waals surface area contributed by atoms with E-state index in [-0.39, 0.29) is 37.5 Å². The molecule has 0 radical (unpaired) electrons. The molecule has 1 rings (SSSR count). The van der Waals surface area contributed by atoms with E-state index in [2.05, 4.69) is 33.6 Å². The van der Waals surface area contributed by atoms with Crippen LogP contribution in [0.5, 0.6) is 0 Å². The van der Waals surface area contributed by atoms with E-state index in [0.717, 1.165) is 0 Å². The van der Waals surface area contributed by atoms with Crippen molar-refractivity contribution in [1.82, 2.24) is 16.0 Å². The van der Waals surface area contributed by atoms with Crippen molar-refractivity contribution in [2.45, 2.75) is 56.3 Å². The van der Waals surface area contributed by atoms with Crippen LogP contribution in [0.4, 0.5) is 0 Å². The van der Waals surface area contributed by atoms with E-state index in [1.807, 2.05) is 0 Å². The van der Waals surface area contributed by atoms with Crippen LogP contribution in [0.3, 0.4) is 0 Å². The van der Waals surface area contributed by atoms with E-state index in [1.54, 1.807) is 30.3 Å². The van der Waals surface area contributed by atoms with E-state index in [9.17, 15) is 29.1 Å². The predicted octanol–water partition coefficient (Wildman–Crippen LogP) is -2.06. The number of aliphatic carboxylic acids is 2. The molecule has 0 aromatic heterocycles. The highest BCUT2D eigenvalue weighted by Crippen LogP contribution is 2.08. The van der Waals surface area contributed by atoms with Crippen LogP contribution < -0.4 is 33.2 Å². The van der Waals surface area contributed by atoms with Crippen LogP contribution in [0.15, 0.2) is 35.3 Å². The van der Waals surface area contributed by atoms with Crippen molar-refractivity contribution in [2.75, 3.05) is 12.3 Å². The van der Waals surface area contributed by atoms with Crippen molar-refractivity contribution in [3.8, 4) is 0 Å². The van der Waals surface area contributed by atoms with E-state index in [1.165, 1.54) is 0 Å². The molecule has 0 saturated carbocycles. The van der Waals surface area contributed by atoms with E-state index in [4.69, 9.17) is 22.3 Å². The molecule has 3 amide bonds. The summed E-state index contributed by atoms with van der Waals surface area (Å²) < 4.78 is 0. The second-order valence-corrected chi connectivity index (χ2v) is 8.75. The molecular formula is C23H35N7O7S. The number of carboxylic acid groups (broad SMARTS) is 2. The molecule has 0 fully saturated rings. The minimum absolute atomic E-state index is 0.00545. The van der Waals surface area contributed by atoms with Crippen LogP contribution in [-0.4, -0.2) is 82.3 Å². The number of nitrogens with two attached hydrogens (primary N) is 3. The normalized spacial score (nSPS) is 13.7. The monoisotopic (exact) mass is 553 g/mol. The molecular weight excluding hydrogens is 518 g/mol. The first-order valence-corrected chi connectivity index (χ1v) is 12.4. The first-order chi connectivity index (χ1) is 17.9. The van der Waals surface area contributed by atoms with Crippen molar-refractivity contribution in [3.63, 3.8) is 0 Å². The van der Waals surface area contributed by atoms with Crippen LogP contribution in [-0.2, 0) is 30.4 Å². The van der Waals surface area contributed by atoms with Crippen LogP contribution in [0.25, 0.3) is 0 Å². The van der Waals surface area contributed by atoms with Crippen molar-refractivity contribution < 1.29 is 34.2 Å². The lowest BCUT2D eigenvalue weighted by molar-refractivity contribution is -0.143. The van der Waals surface area contributed by atoms with Crippen molar-refractivity contribution in [2.24, 2.45) is 22.2 Å². The summed E-state index contributed by atoms with van der Waals surface area (Å²) >= 11 is 3.98. The highest BCUT2D eigenvalue weighted by atomic mass is 32.1. The summed E-state index contributed by atoms with van der Waals surface area (Å²) in [6.07, 6.45) is -0.438. The minimum Gasteiger partial charge on any atom is -0.481 e. The molecule has 0 heterocycles. The molecule has 11 N–H and O–H groups in total. The third kappa shape index (κ3) is 12.4. The highest BCUT2D eigenvalue weighted by molar-refractivity contribution is 7.80. The van der Waals surface area contributed by atoms with E-state index in [0.29, 0.717) is 12.0 Å². The van der Waals surface area contributed by atoms with Gasteiger partial charge in [-0.05, 0) is 24.8 Å². The molecule has 1 aromatic carbocycles. The number of nitrogens with zero attached hydrogens (tertiary/aromatic N) is 1. The molecule has 14 nitrogen and oxygen atoms in total. The Kier molecular flexibility index (Phi) is 14.2. The lowest BCUT2D eigenvalue weighted by Crippen LogP contribution is -2.57. The number of carboxylic acids is 2. The van der Waals surface area contributed by atoms with E-state index >= 15 is 0 Å². The van der Waals surface area contributed by atoms with Crippen LogP contribution in [0.2, 0.25) is 0 Å². The molecule has 15 heteroatoms. The van der Waals surface area contributed by atoms with Gasteiger partial charge in [0.25, 0.3) is 0 Å². The smallest absolute Gasteiger partial charge is 0.326 e. The number of rotatable bonds is 17. The fraction of sp³-hybridized carbons (Fsp3) is 0.478. The Morgan fingerprint density at radius 3 is 2.00 bits per heavy atom. The van der Waals surface area contributed by atoms with Gasteiger partial charge >= 0.3 is 11.9 Å². The summed E-state index contributed by atoms with van der Waals surface area (Å²) in [5.41, 5.74) is 17.0. The van der Waals surface area contributed by atoms with Crippen molar-refractivity contribution >= 4 is 48.2 Å². The zero-order chi connectivity index (χ0) is 28.7. The number of hydrogen-bond donors (Lipinski definition) is 9. The van der Waals surface area contributed by atoms with Gasteiger partial charge in [0.2, 0.25) is 17.7 Å². The van der Waals surface area contributed by atoms with Crippen LogP contribution in [0, 0.1) is 0 Å². The number of benzene rings is 1. The molecule has 0 aliphatic carbocycles. The van der Waals surface area contributed by atoms with Crippen molar-refractivity contribution in [3.05, 3.63) is 35.9 Å². The minimum atomic E-state index is -1.49. The average molecular weight is 554 g/mol. The Morgan fingerprint density at radius 1 is 0.868 bits per heavy atom. The quantitative estimate of drug-likeness (QED) is 0.0441. The number of amides is 3. The maximum Gasteiger partial charge on any atom is 0.326 e. The Hall–Kier alpha value is -3.85. The topological polar surface area (TPSA) is 252 Å². The number of carbonyl (C=O) groups is 5. The number of carbonyl (C=O) groups excluding carboxylic acids is 3. The van der Waals surface area contributed by atoms with Gasteiger partial charge in [0, 0.05) is 25.1 Å². The van der Waals surface area contributed by atoms with Crippen LogP contribution >= 0.6 is 12.6 Å². The third-order valence-electron chi connectivity index (χ3n) is 5.29. The summed E-state index contributed by atoms with van der Waals surface area (Å²) in [7, 11) is 0. The average Bonchev–Trinajstić information content (AvgIpc) is 2.87. The Balaban J connectivity index is 3.13. The third-order valence-corrected chi connectivity index (χ3v) is 5.68. The zero-order valence-electron chi connectivity index (χ0n) is 20.7. The summed E-state index contributed by atoms with van der Waals surface area (Å²) in [5.74, 6) is -4.94. The first kappa shape index (κ1) is 32.2. The standard InChI is InChI=1S/C23H35N7O7S/c24-14(12-38)19(33)28-15(7-4-10-27-23(25)26)20(34)30-17(11-13-5-2-1-3-6-13)21(35)29-16(22(36)37)8-9-18(31)32/h1-3,5-6,14-17,38H,4,7-12,24H2,(H,28,33)(H,29,35)(H,30,34)(H,31,32)(H,36,37)(H4,25,26,27). The summed E-state index contributed by atoms with van der Waals surface area (Å²) in [5, 5.41) is 25.7.